The van der Waals surface area contributed by atoms with Crippen LogP contribution in [0.1, 0.15) is 37.7 Å². The summed E-state index contributed by atoms with van der Waals surface area (Å²) >= 11 is 0. The number of halogens is 1. The van der Waals surface area contributed by atoms with Gasteiger partial charge in [-0.2, -0.15) is 0 Å². The molecule has 2 fully saturated rings. The van der Waals surface area contributed by atoms with Gasteiger partial charge in [-0.3, -0.25) is 9.78 Å². The Kier molecular flexibility index (Phi) is 6.88. The number of rotatable bonds is 9. The minimum absolute atomic E-state index is 0.0110. The van der Waals surface area contributed by atoms with Crippen molar-refractivity contribution in [2.24, 2.45) is 5.92 Å². The van der Waals surface area contributed by atoms with Gasteiger partial charge in [0, 0.05) is 37.5 Å². The first kappa shape index (κ1) is 24.8. The number of benzene rings is 1. The van der Waals surface area contributed by atoms with Crippen LogP contribution in [0.15, 0.2) is 48.8 Å². The zero-order valence-electron chi connectivity index (χ0n) is 20.9. The molecule has 9 heteroatoms. The highest BCUT2D eigenvalue weighted by molar-refractivity contribution is 5.94. The number of nitrogens with one attached hydrogen (secondary N) is 3. The Labute approximate surface area is 215 Å². The fraction of sp³-hybridized carbons (Fsp3) is 0.357. The largest absolute Gasteiger partial charge is 0.378 e. The molecule has 1 aromatic carbocycles. The van der Waals surface area contributed by atoms with Crippen LogP contribution in [0.4, 0.5) is 20.7 Å². The zero-order valence-corrected chi connectivity index (χ0v) is 20.9. The van der Waals surface area contributed by atoms with E-state index in [1.54, 1.807) is 31.6 Å². The maximum absolute atomic E-state index is 14.7. The van der Waals surface area contributed by atoms with Gasteiger partial charge in [0.25, 0.3) is 0 Å². The second-order valence-electron chi connectivity index (χ2n) is 9.79. The molecule has 5 rings (SSSR count). The Morgan fingerprint density at radius 1 is 1.05 bits per heavy atom. The first-order valence-electron chi connectivity index (χ1n) is 12.5. The average molecular weight is 504 g/mol. The van der Waals surface area contributed by atoms with E-state index in [0.717, 1.165) is 54.4 Å². The Morgan fingerprint density at radius 2 is 1.81 bits per heavy atom. The van der Waals surface area contributed by atoms with E-state index in [0.29, 0.717) is 18.1 Å². The molecule has 3 aromatic rings. The molecule has 0 saturated heterocycles. The molecular formula is C28H30FN5O3. The number of aromatic nitrogens is 2. The van der Waals surface area contributed by atoms with Crippen LogP contribution in [-0.2, 0) is 9.53 Å². The van der Waals surface area contributed by atoms with Gasteiger partial charge >= 0.3 is 6.03 Å². The average Bonchev–Trinajstić information content (AvgIpc) is 3.81. The van der Waals surface area contributed by atoms with Crippen molar-refractivity contribution < 1.29 is 18.7 Å². The fourth-order valence-corrected chi connectivity index (χ4v) is 4.33. The molecule has 0 radical (unpaired) electrons. The van der Waals surface area contributed by atoms with Gasteiger partial charge in [-0.15, -0.1) is 0 Å². The second kappa shape index (κ2) is 10.3. The normalized spacial score (nSPS) is 15.6. The third-order valence-electron chi connectivity index (χ3n) is 7.00. The minimum atomic E-state index is -0.508. The molecule has 3 amide bonds. The van der Waals surface area contributed by atoms with Crippen molar-refractivity contribution >= 4 is 23.4 Å². The fourth-order valence-electron chi connectivity index (χ4n) is 4.33. The first-order valence-corrected chi connectivity index (χ1v) is 12.5. The molecule has 192 valence electrons. The monoisotopic (exact) mass is 503 g/mol. The van der Waals surface area contributed by atoms with E-state index in [-0.39, 0.29) is 23.1 Å². The topological polar surface area (TPSA) is 105 Å². The highest BCUT2D eigenvalue weighted by atomic mass is 19.1. The molecule has 0 bridgehead atoms. The molecule has 8 nitrogen and oxygen atoms in total. The predicted molar refractivity (Wildman–Crippen MR) is 140 cm³/mol. The standard InChI is InChI=1S/C28H30FN5O3/c1-17-13-22(29)24(33-27(36)32-12-9-28(37-2)7-8-28)16-21(17)19-5-10-30-23(14-19)20-6-11-31-25(15-20)34-26(35)18-3-4-18/h5-6,10-11,13-16,18H,3-4,7-9,12H2,1-2H3,(H,31,34,35)(H2,32,33,36). The first-order chi connectivity index (χ1) is 17.9. The van der Waals surface area contributed by atoms with Gasteiger partial charge in [0.05, 0.1) is 17.0 Å². The molecule has 37 heavy (non-hydrogen) atoms. The number of nitrogens with zero attached hydrogens (tertiary/aromatic N) is 2. The van der Waals surface area contributed by atoms with Crippen LogP contribution < -0.4 is 16.0 Å². The summed E-state index contributed by atoms with van der Waals surface area (Å²) in [6, 6.07) is 9.92. The number of amides is 3. The lowest BCUT2D eigenvalue weighted by atomic mass is 9.98. The lowest BCUT2D eigenvalue weighted by Crippen LogP contribution is -2.32. The molecule has 0 spiro atoms. The number of ether oxygens (including phenoxy) is 1. The molecule has 2 saturated carbocycles. The zero-order chi connectivity index (χ0) is 26.0. The number of carbonyl (C=O) groups excluding carboxylic acids is 2. The van der Waals surface area contributed by atoms with Crippen LogP contribution in [0, 0.1) is 18.7 Å². The molecule has 0 unspecified atom stereocenters. The van der Waals surface area contributed by atoms with Crippen LogP contribution in [0.25, 0.3) is 22.4 Å². The molecule has 0 atom stereocenters. The number of pyridine rings is 2. The van der Waals surface area contributed by atoms with Crippen LogP contribution in [0.2, 0.25) is 0 Å². The van der Waals surface area contributed by atoms with E-state index in [1.807, 2.05) is 25.1 Å². The van der Waals surface area contributed by atoms with E-state index in [2.05, 4.69) is 25.9 Å². The van der Waals surface area contributed by atoms with Crippen molar-refractivity contribution in [1.82, 2.24) is 15.3 Å². The maximum atomic E-state index is 14.7. The number of aryl methyl sites for hydroxylation is 1. The van der Waals surface area contributed by atoms with Gasteiger partial charge in [-0.25, -0.2) is 14.2 Å². The summed E-state index contributed by atoms with van der Waals surface area (Å²) in [5.41, 5.74) is 3.78. The van der Waals surface area contributed by atoms with Crippen molar-refractivity contribution in [3.8, 4) is 22.4 Å². The Hall–Kier alpha value is -3.85. The summed E-state index contributed by atoms with van der Waals surface area (Å²) in [5.74, 6) is 0.0446. The minimum Gasteiger partial charge on any atom is -0.378 e. The van der Waals surface area contributed by atoms with E-state index in [1.165, 1.54) is 6.07 Å². The summed E-state index contributed by atoms with van der Waals surface area (Å²) in [4.78, 5) is 33.3. The quantitative estimate of drug-likeness (QED) is 0.368. The van der Waals surface area contributed by atoms with Gasteiger partial charge in [0.15, 0.2) is 0 Å². The third-order valence-corrected chi connectivity index (χ3v) is 7.00. The number of urea groups is 1. The molecule has 2 aliphatic rings. The summed E-state index contributed by atoms with van der Waals surface area (Å²) in [7, 11) is 1.68. The number of hydrogen-bond acceptors (Lipinski definition) is 5. The smallest absolute Gasteiger partial charge is 0.319 e. The summed E-state index contributed by atoms with van der Waals surface area (Å²) in [5, 5.41) is 8.27. The molecule has 2 aliphatic carbocycles. The van der Waals surface area contributed by atoms with Crippen molar-refractivity contribution in [3.05, 3.63) is 60.2 Å². The van der Waals surface area contributed by atoms with Gasteiger partial charge in [0.1, 0.15) is 11.6 Å². The Morgan fingerprint density at radius 3 is 2.54 bits per heavy atom. The second-order valence-corrected chi connectivity index (χ2v) is 9.79. The van der Waals surface area contributed by atoms with E-state index >= 15 is 0 Å². The van der Waals surface area contributed by atoms with Gasteiger partial charge in [0.2, 0.25) is 5.91 Å². The SMILES string of the molecule is COC1(CCNC(=O)Nc2cc(-c3ccnc(-c4ccnc(NC(=O)C5CC5)c4)c3)c(C)cc2F)CC1. The lowest BCUT2D eigenvalue weighted by molar-refractivity contribution is -0.117. The molecule has 0 aliphatic heterocycles. The van der Waals surface area contributed by atoms with Crippen molar-refractivity contribution in [1.29, 1.82) is 0 Å². The number of hydrogen-bond donors (Lipinski definition) is 3. The van der Waals surface area contributed by atoms with Crippen LogP contribution in [-0.4, -0.2) is 41.2 Å². The van der Waals surface area contributed by atoms with Crippen molar-refractivity contribution in [2.45, 2.75) is 44.6 Å². The van der Waals surface area contributed by atoms with E-state index in [9.17, 15) is 14.0 Å². The van der Waals surface area contributed by atoms with Gasteiger partial charge < -0.3 is 20.7 Å². The van der Waals surface area contributed by atoms with E-state index < -0.39 is 11.8 Å². The van der Waals surface area contributed by atoms with Crippen LogP contribution in [0.5, 0.6) is 0 Å². The predicted octanol–water partition coefficient (Wildman–Crippen LogP) is 5.30. The highest BCUT2D eigenvalue weighted by Crippen LogP contribution is 2.41. The number of methoxy groups -OCH3 is 1. The molecule has 3 N–H and O–H groups in total. The third kappa shape index (κ3) is 5.94. The Balaban J connectivity index is 1.32. The summed E-state index contributed by atoms with van der Waals surface area (Å²) in [6.45, 7) is 2.27. The highest BCUT2D eigenvalue weighted by Gasteiger charge is 2.42. The summed E-state index contributed by atoms with van der Waals surface area (Å²) < 4.78 is 20.2. The van der Waals surface area contributed by atoms with Crippen molar-refractivity contribution in [2.75, 3.05) is 24.3 Å². The van der Waals surface area contributed by atoms with Gasteiger partial charge in [-0.1, -0.05) is 0 Å². The number of carbonyl (C=O) groups is 2. The van der Waals surface area contributed by atoms with Crippen molar-refractivity contribution in [3.63, 3.8) is 0 Å². The van der Waals surface area contributed by atoms with Gasteiger partial charge in [-0.05, 0) is 92.1 Å². The van der Waals surface area contributed by atoms with Crippen LogP contribution in [0.3, 0.4) is 0 Å². The van der Waals surface area contributed by atoms with Crippen LogP contribution >= 0.6 is 0 Å². The maximum Gasteiger partial charge on any atom is 0.319 e. The summed E-state index contributed by atoms with van der Waals surface area (Å²) in [6.07, 6.45) is 7.85. The lowest BCUT2D eigenvalue weighted by Gasteiger charge is -2.15. The van der Waals surface area contributed by atoms with E-state index in [4.69, 9.17) is 4.74 Å². The molecular weight excluding hydrogens is 473 g/mol. The molecule has 2 heterocycles. The Bertz CT molecular complexity index is 1340. The molecule has 2 aromatic heterocycles. The number of anilines is 2.